The number of hydrogen-bond acceptors (Lipinski definition) is 9. The summed E-state index contributed by atoms with van der Waals surface area (Å²) in [4.78, 5) is 39.2. The first-order chi connectivity index (χ1) is 14.0. The average Bonchev–Trinajstić information content (AvgIpc) is 2.73. The largest absolute Gasteiger partial charge is 0.466 e. The van der Waals surface area contributed by atoms with Crippen molar-refractivity contribution in [2.75, 3.05) is 26.1 Å². The molecule has 29 heavy (non-hydrogen) atoms. The van der Waals surface area contributed by atoms with Gasteiger partial charge >= 0.3 is 17.9 Å². The summed E-state index contributed by atoms with van der Waals surface area (Å²) in [5, 5.41) is 2.78. The van der Waals surface area contributed by atoms with Gasteiger partial charge in [0.15, 0.2) is 0 Å². The maximum absolute atomic E-state index is 11.9. The Kier molecular flexibility index (Phi) is 7.72. The molecule has 0 aliphatic carbocycles. The van der Waals surface area contributed by atoms with E-state index in [1.165, 1.54) is 32.5 Å². The van der Waals surface area contributed by atoms with Crippen LogP contribution in [0.2, 0.25) is 0 Å². The summed E-state index contributed by atoms with van der Waals surface area (Å²) in [5.74, 6) is -1.38. The fourth-order valence-corrected chi connectivity index (χ4v) is 2.15. The number of esters is 3. The molecule has 9 heteroatoms. The first kappa shape index (κ1) is 21.4. The maximum Gasteiger partial charge on any atom is 0.354 e. The van der Waals surface area contributed by atoms with E-state index in [1.807, 2.05) is 0 Å². The number of nitrogens with one attached hydrogen (secondary N) is 1. The maximum atomic E-state index is 11.9. The molecule has 0 spiro atoms. The minimum absolute atomic E-state index is 0.112. The van der Waals surface area contributed by atoms with Crippen molar-refractivity contribution in [2.45, 2.75) is 6.92 Å². The molecule has 1 heterocycles. The van der Waals surface area contributed by atoms with Crippen LogP contribution in [0.4, 0.5) is 5.69 Å². The minimum Gasteiger partial charge on any atom is -0.466 e. The summed E-state index contributed by atoms with van der Waals surface area (Å²) in [6.07, 6.45) is 2.40. The third-order valence-corrected chi connectivity index (χ3v) is 3.45. The smallest absolute Gasteiger partial charge is 0.354 e. The quantitative estimate of drug-likeness (QED) is 0.406. The van der Waals surface area contributed by atoms with Gasteiger partial charge in [-0.2, -0.15) is 0 Å². The second-order valence-electron chi connectivity index (χ2n) is 5.43. The average molecular weight is 400 g/mol. The standard InChI is InChI=1S/C20H20N2O7/c1-4-28-19(24)13-8-9-21-17(10-13)29-15-7-5-6-14(11-15)22-16(20(25)27-3)12-18(23)26-2/h5-12,22H,4H2,1-3H3/b16-12+. The summed E-state index contributed by atoms with van der Waals surface area (Å²) >= 11 is 0. The normalized spacial score (nSPS) is 10.7. The molecule has 0 radical (unpaired) electrons. The van der Waals surface area contributed by atoms with Gasteiger partial charge in [0.1, 0.15) is 11.4 Å². The van der Waals surface area contributed by atoms with Gasteiger partial charge in [0.25, 0.3) is 0 Å². The predicted molar refractivity (Wildman–Crippen MR) is 102 cm³/mol. The molecule has 0 aliphatic rings. The van der Waals surface area contributed by atoms with Gasteiger partial charge in [-0.3, -0.25) is 0 Å². The van der Waals surface area contributed by atoms with E-state index in [1.54, 1.807) is 31.2 Å². The van der Waals surface area contributed by atoms with Crippen molar-refractivity contribution in [2.24, 2.45) is 0 Å². The molecular formula is C20H20N2O7. The van der Waals surface area contributed by atoms with Crippen LogP contribution in [-0.4, -0.2) is 43.7 Å². The van der Waals surface area contributed by atoms with E-state index >= 15 is 0 Å². The highest BCUT2D eigenvalue weighted by Crippen LogP contribution is 2.24. The highest BCUT2D eigenvalue weighted by molar-refractivity contribution is 5.98. The molecule has 2 rings (SSSR count). The van der Waals surface area contributed by atoms with Gasteiger partial charge < -0.3 is 24.3 Å². The van der Waals surface area contributed by atoms with Gasteiger partial charge in [0, 0.05) is 24.0 Å². The zero-order valence-electron chi connectivity index (χ0n) is 16.1. The number of carbonyl (C=O) groups excluding carboxylic acids is 3. The molecule has 0 aliphatic heterocycles. The first-order valence-electron chi connectivity index (χ1n) is 8.53. The number of nitrogens with zero attached hydrogens (tertiary/aromatic N) is 1. The molecule has 2 aromatic rings. The highest BCUT2D eigenvalue weighted by Gasteiger charge is 2.14. The van der Waals surface area contributed by atoms with Crippen LogP contribution in [0.5, 0.6) is 11.6 Å². The Morgan fingerprint density at radius 1 is 1.10 bits per heavy atom. The molecule has 0 saturated heterocycles. The number of ether oxygens (including phenoxy) is 4. The van der Waals surface area contributed by atoms with Crippen molar-refractivity contribution < 1.29 is 33.3 Å². The van der Waals surface area contributed by atoms with Gasteiger partial charge in [-0.25, -0.2) is 19.4 Å². The van der Waals surface area contributed by atoms with Crippen molar-refractivity contribution in [1.82, 2.24) is 4.98 Å². The minimum atomic E-state index is -0.745. The summed E-state index contributed by atoms with van der Waals surface area (Å²) in [5.41, 5.74) is 0.642. The van der Waals surface area contributed by atoms with Crippen LogP contribution in [0, 0.1) is 0 Å². The van der Waals surface area contributed by atoms with Gasteiger partial charge in [-0.05, 0) is 25.1 Å². The highest BCUT2D eigenvalue weighted by atomic mass is 16.5. The van der Waals surface area contributed by atoms with E-state index in [-0.39, 0.29) is 18.2 Å². The van der Waals surface area contributed by atoms with Crippen LogP contribution in [0.3, 0.4) is 0 Å². The molecule has 1 aromatic heterocycles. The number of carbonyl (C=O) groups is 3. The summed E-state index contributed by atoms with van der Waals surface area (Å²) < 4.78 is 19.8. The number of anilines is 1. The van der Waals surface area contributed by atoms with Crippen molar-refractivity contribution in [1.29, 1.82) is 0 Å². The number of methoxy groups -OCH3 is 2. The summed E-state index contributed by atoms with van der Waals surface area (Å²) in [6, 6.07) is 9.53. The van der Waals surface area contributed by atoms with E-state index in [0.29, 0.717) is 17.0 Å². The Morgan fingerprint density at radius 3 is 2.59 bits per heavy atom. The monoisotopic (exact) mass is 400 g/mol. The molecular weight excluding hydrogens is 380 g/mol. The fourth-order valence-electron chi connectivity index (χ4n) is 2.15. The van der Waals surface area contributed by atoms with Crippen molar-refractivity contribution >= 4 is 23.6 Å². The van der Waals surface area contributed by atoms with Crippen LogP contribution in [0.1, 0.15) is 17.3 Å². The molecule has 9 nitrogen and oxygen atoms in total. The van der Waals surface area contributed by atoms with Crippen LogP contribution < -0.4 is 10.1 Å². The lowest BCUT2D eigenvalue weighted by molar-refractivity contribution is -0.138. The molecule has 0 atom stereocenters. The molecule has 0 amide bonds. The van der Waals surface area contributed by atoms with E-state index < -0.39 is 17.9 Å². The number of hydrogen-bond donors (Lipinski definition) is 1. The van der Waals surface area contributed by atoms with E-state index in [4.69, 9.17) is 9.47 Å². The fraction of sp³-hybridized carbons (Fsp3) is 0.200. The Morgan fingerprint density at radius 2 is 1.90 bits per heavy atom. The molecule has 0 bridgehead atoms. The molecule has 152 valence electrons. The van der Waals surface area contributed by atoms with Crippen LogP contribution >= 0.6 is 0 Å². The van der Waals surface area contributed by atoms with E-state index in [0.717, 1.165) is 6.08 Å². The Labute approximate surface area is 167 Å². The summed E-state index contributed by atoms with van der Waals surface area (Å²) in [7, 11) is 2.39. The zero-order chi connectivity index (χ0) is 21.2. The lowest BCUT2D eigenvalue weighted by Gasteiger charge is -2.11. The predicted octanol–water partition coefficient (Wildman–Crippen LogP) is 2.69. The Balaban J connectivity index is 2.20. The van der Waals surface area contributed by atoms with Gasteiger partial charge in [-0.1, -0.05) is 6.07 Å². The van der Waals surface area contributed by atoms with Gasteiger partial charge in [0.05, 0.1) is 32.5 Å². The number of benzene rings is 1. The van der Waals surface area contributed by atoms with Crippen molar-refractivity contribution in [3.63, 3.8) is 0 Å². The molecule has 1 N–H and O–H groups in total. The van der Waals surface area contributed by atoms with Gasteiger partial charge in [0.2, 0.25) is 5.88 Å². The third kappa shape index (κ3) is 6.35. The van der Waals surface area contributed by atoms with E-state index in [9.17, 15) is 14.4 Å². The lowest BCUT2D eigenvalue weighted by Crippen LogP contribution is -2.15. The second-order valence-corrected chi connectivity index (χ2v) is 5.43. The van der Waals surface area contributed by atoms with E-state index in [2.05, 4.69) is 19.8 Å². The lowest BCUT2D eigenvalue weighted by atomic mass is 10.2. The Hall–Kier alpha value is -3.88. The zero-order valence-corrected chi connectivity index (χ0v) is 16.1. The third-order valence-electron chi connectivity index (χ3n) is 3.45. The van der Waals surface area contributed by atoms with Crippen molar-refractivity contribution in [3.05, 3.63) is 59.9 Å². The van der Waals surface area contributed by atoms with Crippen LogP contribution in [0.25, 0.3) is 0 Å². The van der Waals surface area contributed by atoms with Crippen LogP contribution in [0.15, 0.2) is 54.4 Å². The first-order valence-corrected chi connectivity index (χ1v) is 8.53. The molecule has 0 saturated carbocycles. The Bertz CT molecular complexity index is 925. The molecule has 1 aromatic carbocycles. The van der Waals surface area contributed by atoms with Crippen LogP contribution in [-0.2, 0) is 23.8 Å². The summed E-state index contributed by atoms with van der Waals surface area (Å²) in [6.45, 7) is 1.97. The number of aromatic nitrogens is 1. The topological polar surface area (TPSA) is 113 Å². The van der Waals surface area contributed by atoms with Crippen molar-refractivity contribution in [3.8, 4) is 11.6 Å². The van der Waals surface area contributed by atoms with Gasteiger partial charge in [-0.15, -0.1) is 0 Å². The SMILES string of the molecule is CCOC(=O)c1ccnc(Oc2cccc(N/C(=C/C(=O)OC)C(=O)OC)c2)c1. The second kappa shape index (κ2) is 10.5. The molecule has 0 fully saturated rings. The number of rotatable bonds is 8. The number of pyridine rings is 1. The molecule has 0 unspecified atom stereocenters.